The van der Waals surface area contributed by atoms with Crippen LogP contribution in [0.5, 0.6) is 0 Å². The number of sulfonamides is 1. The topological polar surface area (TPSA) is 46.6 Å². The number of ether oxygens (including phenoxy) is 1. The van der Waals surface area contributed by atoms with Crippen molar-refractivity contribution in [1.82, 2.24) is 4.31 Å². The molecule has 1 fully saturated rings. The Bertz CT molecular complexity index is 529. The number of alkyl halides is 1. The normalized spacial score (nSPS) is 22.3. The summed E-state index contributed by atoms with van der Waals surface area (Å²) in [5.41, 5.74) is 0. The first-order valence-electron chi connectivity index (χ1n) is 5.38. The summed E-state index contributed by atoms with van der Waals surface area (Å²) in [6.07, 6.45) is 0. The fourth-order valence-corrected chi connectivity index (χ4v) is 6.60. The van der Waals surface area contributed by atoms with Crippen molar-refractivity contribution in [2.24, 2.45) is 0 Å². The summed E-state index contributed by atoms with van der Waals surface area (Å²) in [5, 5.41) is 0.580. The van der Waals surface area contributed by atoms with Gasteiger partial charge in [-0.1, -0.05) is 15.9 Å². The molecule has 1 aromatic rings. The van der Waals surface area contributed by atoms with Gasteiger partial charge in [-0.05, 0) is 28.9 Å². The highest BCUT2D eigenvalue weighted by Crippen LogP contribution is 2.32. The van der Waals surface area contributed by atoms with Crippen molar-refractivity contribution in [3.63, 3.8) is 0 Å². The summed E-state index contributed by atoms with van der Waals surface area (Å²) in [5.74, 6) is 0. The molecule has 0 bridgehead atoms. The molecule has 8 heteroatoms. The van der Waals surface area contributed by atoms with Crippen molar-refractivity contribution in [3.05, 3.63) is 14.7 Å². The largest absolute Gasteiger partial charge is 0.378 e. The lowest BCUT2D eigenvalue weighted by molar-refractivity contribution is 0.0413. The van der Waals surface area contributed by atoms with Crippen LogP contribution in [-0.4, -0.2) is 43.9 Å². The lowest BCUT2D eigenvalue weighted by atomic mass is 10.3. The summed E-state index contributed by atoms with van der Waals surface area (Å²) >= 11 is 8.12. The minimum Gasteiger partial charge on any atom is -0.378 e. The second-order valence-electron chi connectivity index (χ2n) is 3.97. The predicted molar refractivity (Wildman–Crippen MR) is 79.0 cm³/mol. The molecular weight excluding hydrogens is 406 g/mol. The van der Waals surface area contributed by atoms with Crippen molar-refractivity contribution < 1.29 is 13.2 Å². The molecule has 102 valence electrons. The van der Waals surface area contributed by atoms with Gasteiger partial charge in [0, 0.05) is 16.8 Å². The van der Waals surface area contributed by atoms with Gasteiger partial charge in [0.1, 0.15) is 0 Å². The molecule has 0 saturated carbocycles. The van der Waals surface area contributed by atoms with E-state index in [1.54, 1.807) is 6.07 Å². The van der Waals surface area contributed by atoms with Crippen LogP contribution in [0.15, 0.2) is 14.7 Å². The highest BCUT2D eigenvalue weighted by atomic mass is 79.9. The van der Waals surface area contributed by atoms with Gasteiger partial charge in [-0.15, -0.1) is 11.3 Å². The van der Waals surface area contributed by atoms with E-state index in [-0.39, 0.29) is 6.04 Å². The molecular formula is C10H13Br2NO3S2. The van der Waals surface area contributed by atoms with Crippen molar-refractivity contribution in [2.45, 2.75) is 17.9 Å². The highest BCUT2D eigenvalue weighted by molar-refractivity contribution is 9.11. The number of rotatable bonds is 3. The molecule has 1 aliphatic heterocycles. The molecule has 1 saturated heterocycles. The fourth-order valence-electron chi connectivity index (χ4n) is 1.89. The number of hydrogen-bond donors (Lipinski definition) is 0. The Labute approximate surface area is 128 Å². The molecule has 1 unspecified atom stereocenters. The second-order valence-corrected chi connectivity index (χ2v) is 9.11. The maximum Gasteiger partial charge on any atom is 0.244 e. The molecule has 0 amide bonds. The lowest BCUT2D eigenvalue weighted by Crippen LogP contribution is -2.49. The molecule has 0 aromatic carbocycles. The standard InChI is InChI=1S/C10H13Br2NO3S2/c1-7-9(4-10(12)17-7)18(14,15)13-2-3-16-6-8(13)5-11/h4,8H,2-3,5-6H2,1H3. The fraction of sp³-hybridized carbons (Fsp3) is 0.600. The van der Waals surface area contributed by atoms with E-state index >= 15 is 0 Å². The number of morpholine rings is 1. The molecule has 1 aromatic heterocycles. The van der Waals surface area contributed by atoms with E-state index in [0.717, 1.165) is 8.66 Å². The molecule has 2 heterocycles. The van der Waals surface area contributed by atoms with Gasteiger partial charge < -0.3 is 4.74 Å². The van der Waals surface area contributed by atoms with Gasteiger partial charge >= 0.3 is 0 Å². The SMILES string of the molecule is Cc1sc(Br)cc1S(=O)(=O)N1CCOCC1CBr. The van der Waals surface area contributed by atoms with Gasteiger partial charge in [0.05, 0.1) is 27.9 Å². The van der Waals surface area contributed by atoms with Gasteiger partial charge in [-0.2, -0.15) is 4.31 Å². The molecule has 18 heavy (non-hydrogen) atoms. The zero-order chi connectivity index (χ0) is 13.3. The van der Waals surface area contributed by atoms with E-state index in [1.165, 1.54) is 15.6 Å². The van der Waals surface area contributed by atoms with E-state index in [1.807, 2.05) is 6.92 Å². The minimum absolute atomic E-state index is 0.137. The van der Waals surface area contributed by atoms with E-state index in [2.05, 4.69) is 31.9 Å². The summed E-state index contributed by atoms with van der Waals surface area (Å²) in [6, 6.07) is 1.54. The van der Waals surface area contributed by atoms with Crippen molar-refractivity contribution in [1.29, 1.82) is 0 Å². The van der Waals surface area contributed by atoms with Gasteiger partial charge in [0.25, 0.3) is 0 Å². The van der Waals surface area contributed by atoms with Crippen LogP contribution in [0.25, 0.3) is 0 Å². The summed E-state index contributed by atoms with van der Waals surface area (Å²) in [4.78, 5) is 1.20. The Balaban J connectivity index is 2.38. The molecule has 0 spiro atoms. The van der Waals surface area contributed by atoms with Crippen LogP contribution in [0.3, 0.4) is 0 Å². The lowest BCUT2D eigenvalue weighted by Gasteiger charge is -2.33. The van der Waals surface area contributed by atoms with E-state index in [0.29, 0.717) is 30.0 Å². The average Bonchev–Trinajstić information content (AvgIpc) is 2.69. The molecule has 0 N–H and O–H groups in total. The van der Waals surface area contributed by atoms with Crippen LogP contribution in [0.2, 0.25) is 0 Å². The zero-order valence-corrected chi connectivity index (χ0v) is 14.5. The Morgan fingerprint density at radius 2 is 2.33 bits per heavy atom. The third kappa shape index (κ3) is 2.83. The zero-order valence-electron chi connectivity index (χ0n) is 9.73. The third-order valence-electron chi connectivity index (χ3n) is 2.78. The Morgan fingerprint density at radius 1 is 1.61 bits per heavy atom. The number of aryl methyl sites for hydroxylation is 1. The third-order valence-corrected chi connectivity index (χ3v) is 7.29. The maximum absolute atomic E-state index is 12.6. The Kier molecular flexibility index (Phi) is 4.88. The first-order valence-corrected chi connectivity index (χ1v) is 9.55. The van der Waals surface area contributed by atoms with Crippen molar-refractivity contribution in [3.8, 4) is 0 Å². The second kappa shape index (κ2) is 5.88. The monoisotopic (exact) mass is 417 g/mol. The Hall–Kier alpha value is 0.530. The maximum atomic E-state index is 12.6. The number of nitrogens with zero attached hydrogens (tertiary/aromatic N) is 1. The molecule has 0 aliphatic carbocycles. The van der Waals surface area contributed by atoms with Crippen molar-refractivity contribution in [2.75, 3.05) is 25.1 Å². The van der Waals surface area contributed by atoms with Gasteiger partial charge in [-0.25, -0.2) is 8.42 Å². The number of thiophene rings is 1. The molecule has 4 nitrogen and oxygen atoms in total. The minimum atomic E-state index is -3.43. The Morgan fingerprint density at radius 3 is 2.89 bits per heavy atom. The molecule has 0 radical (unpaired) electrons. The highest BCUT2D eigenvalue weighted by Gasteiger charge is 2.35. The molecule has 2 rings (SSSR count). The predicted octanol–water partition coefficient (Wildman–Crippen LogP) is 2.60. The average molecular weight is 419 g/mol. The van der Waals surface area contributed by atoms with Crippen LogP contribution in [0.1, 0.15) is 4.88 Å². The smallest absolute Gasteiger partial charge is 0.244 e. The number of halogens is 2. The van der Waals surface area contributed by atoms with Crippen LogP contribution in [0.4, 0.5) is 0 Å². The molecule has 1 aliphatic rings. The van der Waals surface area contributed by atoms with Crippen LogP contribution < -0.4 is 0 Å². The van der Waals surface area contributed by atoms with Crippen LogP contribution in [0, 0.1) is 6.92 Å². The van der Waals surface area contributed by atoms with Gasteiger partial charge in [-0.3, -0.25) is 0 Å². The first kappa shape index (κ1) is 14.9. The molecule has 1 atom stereocenters. The van der Waals surface area contributed by atoms with Crippen LogP contribution in [-0.2, 0) is 14.8 Å². The number of hydrogen-bond acceptors (Lipinski definition) is 4. The summed E-state index contributed by atoms with van der Waals surface area (Å²) in [7, 11) is -3.43. The van der Waals surface area contributed by atoms with Crippen LogP contribution >= 0.6 is 43.2 Å². The van der Waals surface area contributed by atoms with Crippen molar-refractivity contribution >= 4 is 53.2 Å². The summed E-state index contributed by atoms with van der Waals surface area (Å²) in [6.45, 7) is 3.12. The van der Waals surface area contributed by atoms with E-state index in [4.69, 9.17) is 4.74 Å². The quantitative estimate of drug-likeness (QED) is 0.708. The first-order chi connectivity index (χ1) is 8.46. The summed E-state index contributed by atoms with van der Waals surface area (Å²) < 4.78 is 32.9. The van der Waals surface area contributed by atoms with E-state index < -0.39 is 10.0 Å². The van der Waals surface area contributed by atoms with E-state index in [9.17, 15) is 8.42 Å². The van der Waals surface area contributed by atoms with Gasteiger partial charge in [0.15, 0.2) is 0 Å². The van der Waals surface area contributed by atoms with Gasteiger partial charge in [0.2, 0.25) is 10.0 Å².